The summed E-state index contributed by atoms with van der Waals surface area (Å²) in [6, 6.07) is 13.3. The third-order valence-electron chi connectivity index (χ3n) is 3.70. The zero-order chi connectivity index (χ0) is 17.9. The van der Waals surface area contributed by atoms with Gasteiger partial charge < -0.3 is 14.8 Å². The number of rotatable bonds is 6. The lowest BCUT2D eigenvalue weighted by Gasteiger charge is -2.02. The second-order valence-corrected chi connectivity index (χ2v) is 7.85. The van der Waals surface area contributed by atoms with Gasteiger partial charge in [-0.3, -0.25) is 4.79 Å². The topological polar surface area (TPSA) is 73.3 Å². The van der Waals surface area contributed by atoms with E-state index in [1.54, 1.807) is 18.2 Å². The molecule has 0 spiro atoms. The third-order valence-corrected chi connectivity index (χ3v) is 5.67. The van der Waals surface area contributed by atoms with Gasteiger partial charge in [0.15, 0.2) is 21.6 Å². The monoisotopic (exact) mass is 385 g/mol. The number of ketones is 1. The normalized spacial score (nSPS) is 12.2. The summed E-state index contributed by atoms with van der Waals surface area (Å²) in [4.78, 5) is 12.4. The number of hydrogen-bond acceptors (Lipinski definition) is 8. The van der Waals surface area contributed by atoms with Gasteiger partial charge in [-0.2, -0.15) is 0 Å². The molecule has 6 nitrogen and oxygen atoms in total. The number of aryl methyl sites for hydroxylation is 1. The molecule has 2 aromatic carbocycles. The number of anilines is 2. The zero-order valence-corrected chi connectivity index (χ0v) is 15.5. The van der Waals surface area contributed by atoms with E-state index in [2.05, 4.69) is 15.5 Å². The SMILES string of the molecule is Cc1cccc(Nc2nnc(SCC(=O)c3ccc4c(c3)OCO4)s2)c1. The fraction of sp³-hybridized carbons (Fsp3) is 0.167. The molecule has 0 fully saturated rings. The van der Waals surface area contributed by atoms with Crippen molar-refractivity contribution in [1.82, 2.24) is 10.2 Å². The van der Waals surface area contributed by atoms with Gasteiger partial charge in [-0.1, -0.05) is 35.2 Å². The van der Waals surface area contributed by atoms with Crippen molar-refractivity contribution in [2.45, 2.75) is 11.3 Å². The summed E-state index contributed by atoms with van der Waals surface area (Å²) in [5, 5.41) is 12.2. The molecular weight excluding hydrogens is 370 g/mol. The molecule has 0 radical (unpaired) electrons. The molecule has 0 saturated carbocycles. The molecule has 0 atom stereocenters. The minimum absolute atomic E-state index is 0.0108. The Morgan fingerprint density at radius 1 is 1.19 bits per heavy atom. The standard InChI is InChI=1S/C18H15N3O3S2/c1-11-3-2-4-13(7-11)19-17-20-21-18(26-17)25-9-14(22)12-5-6-15-16(8-12)24-10-23-15/h2-8H,9-10H2,1H3,(H,19,20). The molecule has 1 aromatic heterocycles. The van der Waals surface area contributed by atoms with Crippen molar-refractivity contribution in [2.24, 2.45) is 0 Å². The van der Waals surface area contributed by atoms with Crippen LogP contribution < -0.4 is 14.8 Å². The van der Waals surface area contributed by atoms with Crippen molar-refractivity contribution in [3.63, 3.8) is 0 Å². The molecule has 3 aromatic rings. The van der Waals surface area contributed by atoms with Gasteiger partial charge in [-0.15, -0.1) is 10.2 Å². The Morgan fingerprint density at radius 3 is 2.96 bits per heavy atom. The highest BCUT2D eigenvalue weighted by Crippen LogP contribution is 2.33. The van der Waals surface area contributed by atoms with Crippen LogP contribution in [0.2, 0.25) is 0 Å². The summed E-state index contributed by atoms with van der Waals surface area (Å²) < 4.78 is 11.3. The van der Waals surface area contributed by atoms with Gasteiger partial charge in [0, 0.05) is 11.3 Å². The lowest BCUT2D eigenvalue weighted by molar-refractivity contribution is 0.102. The predicted molar refractivity (Wildman–Crippen MR) is 102 cm³/mol. The van der Waals surface area contributed by atoms with E-state index in [1.165, 1.54) is 28.7 Å². The van der Waals surface area contributed by atoms with Gasteiger partial charge in [-0.25, -0.2) is 0 Å². The minimum Gasteiger partial charge on any atom is -0.454 e. The third kappa shape index (κ3) is 3.81. The average Bonchev–Trinajstić information content (AvgIpc) is 3.28. The lowest BCUT2D eigenvalue weighted by Crippen LogP contribution is -2.02. The fourth-order valence-corrected chi connectivity index (χ4v) is 4.11. The summed E-state index contributed by atoms with van der Waals surface area (Å²) >= 11 is 2.80. The van der Waals surface area contributed by atoms with E-state index in [4.69, 9.17) is 9.47 Å². The lowest BCUT2D eigenvalue weighted by atomic mass is 10.1. The van der Waals surface area contributed by atoms with E-state index in [1.807, 2.05) is 31.2 Å². The molecule has 8 heteroatoms. The van der Waals surface area contributed by atoms with E-state index in [0.29, 0.717) is 27.9 Å². The Morgan fingerprint density at radius 2 is 2.08 bits per heavy atom. The molecule has 26 heavy (non-hydrogen) atoms. The Hall–Kier alpha value is -2.58. The number of carbonyl (C=O) groups is 1. The molecule has 0 unspecified atom stereocenters. The maximum Gasteiger partial charge on any atom is 0.231 e. The van der Waals surface area contributed by atoms with Gasteiger partial charge in [0.1, 0.15) is 0 Å². The van der Waals surface area contributed by atoms with E-state index in [9.17, 15) is 4.79 Å². The molecule has 4 rings (SSSR count). The van der Waals surface area contributed by atoms with Crippen LogP contribution in [0.3, 0.4) is 0 Å². The Labute approximate surface area is 158 Å². The first-order valence-electron chi connectivity index (χ1n) is 7.90. The van der Waals surface area contributed by atoms with Crippen LogP contribution in [0.4, 0.5) is 10.8 Å². The van der Waals surface area contributed by atoms with Gasteiger partial charge in [-0.05, 0) is 42.8 Å². The molecule has 0 aliphatic carbocycles. The number of ether oxygens (including phenoxy) is 2. The van der Waals surface area contributed by atoms with E-state index in [0.717, 1.165) is 10.0 Å². The Kier molecular flexibility index (Phi) is 4.77. The minimum atomic E-state index is 0.0108. The summed E-state index contributed by atoms with van der Waals surface area (Å²) in [5.74, 6) is 1.59. The molecule has 0 saturated heterocycles. The maximum absolute atomic E-state index is 12.4. The van der Waals surface area contributed by atoms with Crippen LogP contribution in [-0.2, 0) is 0 Å². The number of nitrogens with one attached hydrogen (secondary N) is 1. The highest BCUT2D eigenvalue weighted by Gasteiger charge is 2.17. The van der Waals surface area contributed by atoms with Crippen molar-refractivity contribution in [2.75, 3.05) is 17.9 Å². The molecule has 1 aliphatic heterocycles. The number of benzene rings is 2. The first-order valence-corrected chi connectivity index (χ1v) is 9.70. The highest BCUT2D eigenvalue weighted by molar-refractivity contribution is 8.01. The smallest absolute Gasteiger partial charge is 0.231 e. The maximum atomic E-state index is 12.4. The molecule has 2 heterocycles. The highest BCUT2D eigenvalue weighted by atomic mass is 32.2. The average molecular weight is 385 g/mol. The fourth-order valence-electron chi connectivity index (χ4n) is 2.45. The van der Waals surface area contributed by atoms with Crippen LogP contribution in [0.5, 0.6) is 11.5 Å². The van der Waals surface area contributed by atoms with E-state index >= 15 is 0 Å². The number of hydrogen-bond donors (Lipinski definition) is 1. The molecule has 1 aliphatic rings. The second-order valence-electron chi connectivity index (χ2n) is 5.65. The quantitative estimate of drug-likeness (QED) is 0.501. The van der Waals surface area contributed by atoms with Crippen molar-refractivity contribution in [1.29, 1.82) is 0 Å². The molecular formula is C18H15N3O3S2. The zero-order valence-electron chi connectivity index (χ0n) is 13.9. The van der Waals surface area contributed by atoms with Crippen LogP contribution in [0.1, 0.15) is 15.9 Å². The summed E-state index contributed by atoms with van der Waals surface area (Å²) in [7, 11) is 0. The summed E-state index contributed by atoms with van der Waals surface area (Å²) in [6.07, 6.45) is 0. The Bertz CT molecular complexity index is 958. The molecule has 0 bridgehead atoms. The van der Waals surface area contributed by atoms with Gasteiger partial charge in [0.05, 0.1) is 5.75 Å². The predicted octanol–water partition coefficient (Wildman–Crippen LogP) is 4.29. The largest absolute Gasteiger partial charge is 0.454 e. The summed E-state index contributed by atoms with van der Waals surface area (Å²) in [6.45, 7) is 2.23. The number of aromatic nitrogens is 2. The Balaban J connectivity index is 1.36. The van der Waals surface area contributed by atoms with Gasteiger partial charge in [0.25, 0.3) is 0 Å². The molecule has 1 N–H and O–H groups in total. The summed E-state index contributed by atoms with van der Waals surface area (Å²) in [5.41, 5.74) is 2.74. The van der Waals surface area contributed by atoms with Crippen LogP contribution in [-0.4, -0.2) is 28.5 Å². The molecule has 132 valence electrons. The first kappa shape index (κ1) is 16.9. The van der Waals surface area contributed by atoms with Gasteiger partial charge >= 0.3 is 0 Å². The molecule has 0 amide bonds. The van der Waals surface area contributed by atoms with E-state index in [-0.39, 0.29) is 12.6 Å². The second kappa shape index (κ2) is 7.35. The van der Waals surface area contributed by atoms with E-state index < -0.39 is 0 Å². The van der Waals surface area contributed by atoms with Crippen LogP contribution in [0.15, 0.2) is 46.8 Å². The van der Waals surface area contributed by atoms with Crippen molar-refractivity contribution < 1.29 is 14.3 Å². The van der Waals surface area contributed by atoms with Crippen molar-refractivity contribution >= 4 is 39.7 Å². The number of nitrogens with zero attached hydrogens (tertiary/aromatic N) is 2. The first-order chi connectivity index (χ1) is 12.7. The number of thioether (sulfide) groups is 1. The van der Waals surface area contributed by atoms with Crippen molar-refractivity contribution in [3.8, 4) is 11.5 Å². The van der Waals surface area contributed by atoms with Gasteiger partial charge in [0.2, 0.25) is 11.9 Å². The number of carbonyl (C=O) groups excluding carboxylic acids is 1. The number of Topliss-reactive ketones (excluding diaryl/α,β-unsaturated/α-hetero) is 1. The number of fused-ring (bicyclic) bond motifs is 1. The van der Waals surface area contributed by atoms with Crippen LogP contribution >= 0.6 is 23.1 Å². The van der Waals surface area contributed by atoms with Crippen LogP contribution in [0.25, 0.3) is 0 Å². The van der Waals surface area contributed by atoms with Crippen LogP contribution in [0, 0.1) is 6.92 Å². The van der Waals surface area contributed by atoms with Crippen molar-refractivity contribution in [3.05, 3.63) is 53.6 Å².